The van der Waals surface area contributed by atoms with Gasteiger partial charge in [0.1, 0.15) is 0 Å². The summed E-state index contributed by atoms with van der Waals surface area (Å²) in [6, 6.07) is 2.07. The zero-order valence-corrected chi connectivity index (χ0v) is 7.17. The SMILES string of the molecule is CCCc1cc(CN)n(C)n1. The molecular weight excluding hydrogens is 138 g/mol. The normalized spacial score (nSPS) is 10.5. The first kappa shape index (κ1) is 8.27. The van der Waals surface area contributed by atoms with E-state index in [1.165, 1.54) is 0 Å². The van der Waals surface area contributed by atoms with E-state index in [4.69, 9.17) is 5.73 Å². The Morgan fingerprint density at radius 1 is 1.64 bits per heavy atom. The Morgan fingerprint density at radius 2 is 2.36 bits per heavy atom. The van der Waals surface area contributed by atoms with Crippen molar-refractivity contribution < 1.29 is 0 Å². The summed E-state index contributed by atoms with van der Waals surface area (Å²) in [5.41, 5.74) is 7.75. The van der Waals surface area contributed by atoms with Crippen LogP contribution < -0.4 is 5.73 Å². The number of nitrogens with two attached hydrogens (primary N) is 1. The maximum Gasteiger partial charge on any atom is 0.0627 e. The van der Waals surface area contributed by atoms with Gasteiger partial charge in [-0.1, -0.05) is 13.3 Å². The second-order valence-electron chi connectivity index (χ2n) is 2.70. The number of nitrogens with zero attached hydrogens (tertiary/aromatic N) is 2. The molecule has 0 aromatic carbocycles. The zero-order valence-electron chi connectivity index (χ0n) is 7.17. The van der Waals surface area contributed by atoms with Crippen molar-refractivity contribution >= 4 is 0 Å². The van der Waals surface area contributed by atoms with E-state index >= 15 is 0 Å². The molecule has 3 nitrogen and oxygen atoms in total. The Kier molecular flexibility index (Phi) is 2.65. The van der Waals surface area contributed by atoms with Gasteiger partial charge in [-0.25, -0.2) is 0 Å². The molecule has 62 valence electrons. The van der Waals surface area contributed by atoms with Crippen LogP contribution in [0.25, 0.3) is 0 Å². The maximum atomic E-state index is 5.50. The molecule has 0 aliphatic heterocycles. The van der Waals surface area contributed by atoms with Crippen LogP contribution in [0.3, 0.4) is 0 Å². The lowest BCUT2D eigenvalue weighted by Crippen LogP contribution is -2.03. The third-order valence-corrected chi connectivity index (χ3v) is 1.74. The first-order valence-electron chi connectivity index (χ1n) is 3.99. The van der Waals surface area contributed by atoms with E-state index in [0.717, 1.165) is 24.2 Å². The van der Waals surface area contributed by atoms with Crippen molar-refractivity contribution in [1.82, 2.24) is 9.78 Å². The highest BCUT2D eigenvalue weighted by Gasteiger charge is 2.00. The summed E-state index contributed by atoms with van der Waals surface area (Å²) < 4.78 is 1.85. The number of hydrogen-bond donors (Lipinski definition) is 1. The third-order valence-electron chi connectivity index (χ3n) is 1.74. The minimum Gasteiger partial charge on any atom is -0.325 e. The summed E-state index contributed by atoms with van der Waals surface area (Å²) in [5, 5.41) is 4.31. The lowest BCUT2D eigenvalue weighted by Gasteiger charge is -1.93. The summed E-state index contributed by atoms with van der Waals surface area (Å²) in [6.45, 7) is 2.73. The molecule has 0 unspecified atom stereocenters. The summed E-state index contributed by atoms with van der Waals surface area (Å²) in [5.74, 6) is 0. The standard InChI is InChI=1S/C8H15N3/c1-3-4-7-5-8(6-9)11(2)10-7/h5H,3-4,6,9H2,1-2H3. The van der Waals surface area contributed by atoms with Crippen molar-refractivity contribution in [3.63, 3.8) is 0 Å². The highest BCUT2D eigenvalue weighted by molar-refractivity contribution is 5.09. The van der Waals surface area contributed by atoms with E-state index < -0.39 is 0 Å². The van der Waals surface area contributed by atoms with Crippen molar-refractivity contribution in [3.05, 3.63) is 17.5 Å². The summed E-state index contributed by atoms with van der Waals surface area (Å²) in [4.78, 5) is 0. The smallest absolute Gasteiger partial charge is 0.0627 e. The monoisotopic (exact) mass is 153 g/mol. The predicted molar refractivity (Wildman–Crippen MR) is 45.1 cm³/mol. The molecule has 0 bridgehead atoms. The topological polar surface area (TPSA) is 43.8 Å². The molecule has 0 fully saturated rings. The first-order valence-corrected chi connectivity index (χ1v) is 3.99. The lowest BCUT2D eigenvalue weighted by atomic mass is 10.2. The van der Waals surface area contributed by atoms with Gasteiger partial charge >= 0.3 is 0 Å². The molecule has 0 saturated heterocycles. The quantitative estimate of drug-likeness (QED) is 0.699. The fourth-order valence-corrected chi connectivity index (χ4v) is 1.14. The van der Waals surface area contributed by atoms with E-state index in [1.54, 1.807) is 0 Å². The van der Waals surface area contributed by atoms with E-state index in [2.05, 4.69) is 18.1 Å². The van der Waals surface area contributed by atoms with Crippen LogP contribution in [0.2, 0.25) is 0 Å². The fourth-order valence-electron chi connectivity index (χ4n) is 1.14. The van der Waals surface area contributed by atoms with E-state index in [0.29, 0.717) is 6.54 Å². The summed E-state index contributed by atoms with van der Waals surface area (Å²) >= 11 is 0. The molecule has 0 radical (unpaired) electrons. The van der Waals surface area contributed by atoms with Crippen LogP contribution in [0.4, 0.5) is 0 Å². The number of aromatic nitrogens is 2. The Hall–Kier alpha value is -0.830. The number of rotatable bonds is 3. The molecule has 1 aromatic rings. The minimum absolute atomic E-state index is 0.577. The van der Waals surface area contributed by atoms with Gasteiger partial charge in [0, 0.05) is 13.6 Å². The molecule has 2 N–H and O–H groups in total. The maximum absolute atomic E-state index is 5.50. The van der Waals surface area contributed by atoms with Crippen LogP contribution in [-0.4, -0.2) is 9.78 Å². The van der Waals surface area contributed by atoms with Gasteiger partial charge in [0.15, 0.2) is 0 Å². The van der Waals surface area contributed by atoms with Gasteiger partial charge in [-0.3, -0.25) is 4.68 Å². The molecule has 0 aliphatic carbocycles. The van der Waals surface area contributed by atoms with E-state index in [9.17, 15) is 0 Å². The summed E-state index contributed by atoms with van der Waals surface area (Å²) in [6.07, 6.45) is 2.19. The Bertz CT molecular complexity index is 227. The van der Waals surface area contributed by atoms with Crippen LogP contribution >= 0.6 is 0 Å². The molecule has 1 rings (SSSR count). The molecule has 1 aromatic heterocycles. The van der Waals surface area contributed by atoms with Crippen molar-refractivity contribution in [2.75, 3.05) is 0 Å². The predicted octanol–water partition coefficient (Wildman–Crippen LogP) is 0.831. The average molecular weight is 153 g/mol. The van der Waals surface area contributed by atoms with Crippen molar-refractivity contribution in [3.8, 4) is 0 Å². The lowest BCUT2D eigenvalue weighted by molar-refractivity contribution is 0.693. The first-order chi connectivity index (χ1) is 5.27. The zero-order chi connectivity index (χ0) is 8.27. The van der Waals surface area contributed by atoms with Crippen LogP contribution in [0.5, 0.6) is 0 Å². The van der Waals surface area contributed by atoms with Crippen LogP contribution in [-0.2, 0) is 20.0 Å². The number of hydrogen-bond acceptors (Lipinski definition) is 2. The molecule has 0 amide bonds. The van der Waals surface area contributed by atoms with E-state index in [1.807, 2.05) is 11.7 Å². The van der Waals surface area contributed by atoms with Gasteiger partial charge in [0.2, 0.25) is 0 Å². The van der Waals surface area contributed by atoms with Crippen molar-refractivity contribution in [2.24, 2.45) is 12.8 Å². The second-order valence-corrected chi connectivity index (χ2v) is 2.70. The van der Waals surface area contributed by atoms with Gasteiger partial charge in [0.05, 0.1) is 11.4 Å². The molecule has 11 heavy (non-hydrogen) atoms. The highest BCUT2D eigenvalue weighted by atomic mass is 15.3. The van der Waals surface area contributed by atoms with Gasteiger partial charge in [0.25, 0.3) is 0 Å². The van der Waals surface area contributed by atoms with Crippen LogP contribution in [0.15, 0.2) is 6.07 Å². The van der Waals surface area contributed by atoms with Gasteiger partial charge in [-0.05, 0) is 12.5 Å². The second kappa shape index (κ2) is 3.53. The van der Waals surface area contributed by atoms with Crippen LogP contribution in [0, 0.1) is 0 Å². The van der Waals surface area contributed by atoms with Crippen molar-refractivity contribution in [1.29, 1.82) is 0 Å². The fraction of sp³-hybridized carbons (Fsp3) is 0.625. The number of aryl methyl sites for hydroxylation is 2. The van der Waals surface area contributed by atoms with Gasteiger partial charge < -0.3 is 5.73 Å². The van der Waals surface area contributed by atoms with E-state index in [-0.39, 0.29) is 0 Å². The average Bonchev–Trinajstić information content (AvgIpc) is 2.32. The van der Waals surface area contributed by atoms with Gasteiger partial charge in [-0.2, -0.15) is 5.10 Å². The summed E-state index contributed by atoms with van der Waals surface area (Å²) in [7, 11) is 1.93. The molecule has 0 spiro atoms. The molecule has 0 saturated carbocycles. The molecule has 0 aliphatic rings. The highest BCUT2D eigenvalue weighted by Crippen LogP contribution is 2.03. The Morgan fingerprint density at radius 3 is 2.82 bits per heavy atom. The molecular formula is C8H15N3. The third kappa shape index (κ3) is 1.80. The van der Waals surface area contributed by atoms with Gasteiger partial charge in [-0.15, -0.1) is 0 Å². The largest absolute Gasteiger partial charge is 0.325 e. The molecule has 1 heterocycles. The molecule has 0 atom stereocenters. The molecule has 3 heteroatoms. The van der Waals surface area contributed by atoms with Crippen molar-refractivity contribution in [2.45, 2.75) is 26.3 Å². The Labute approximate surface area is 67.2 Å². The van der Waals surface area contributed by atoms with Crippen LogP contribution in [0.1, 0.15) is 24.7 Å². The Balaban J connectivity index is 2.77. The minimum atomic E-state index is 0.577.